The van der Waals surface area contributed by atoms with Crippen LogP contribution in [-0.4, -0.2) is 16.8 Å². The molecule has 4 aromatic rings. The molecule has 0 spiro atoms. The minimum Gasteiger partial charge on any atom is -0.322 e. The molecule has 0 aliphatic rings. The van der Waals surface area contributed by atoms with Crippen LogP contribution in [0.2, 0.25) is 0 Å². The first kappa shape index (κ1) is 17.9. The first-order chi connectivity index (χ1) is 13.6. The summed E-state index contributed by atoms with van der Waals surface area (Å²) in [6.07, 6.45) is 0. The summed E-state index contributed by atoms with van der Waals surface area (Å²) in [5.41, 5.74) is 3.68. The van der Waals surface area contributed by atoms with Crippen LogP contribution in [0.5, 0.6) is 0 Å². The molecule has 0 saturated heterocycles. The Hall–Kier alpha value is -3.51. The van der Waals surface area contributed by atoms with Crippen molar-refractivity contribution in [3.63, 3.8) is 0 Å². The number of anilines is 2. The van der Waals surface area contributed by atoms with Crippen molar-refractivity contribution in [3.8, 4) is 0 Å². The molecule has 0 fully saturated rings. The molecule has 3 aromatic carbocycles. The highest BCUT2D eigenvalue weighted by molar-refractivity contribution is 7.22. The SMILES string of the molecule is Cc1cccc2sc(NC(=O)c3ccc(NC(=O)c4ccccc4)cc3)nc12. The van der Waals surface area contributed by atoms with Crippen LogP contribution in [0.25, 0.3) is 10.2 Å². The van der Waals surface area contributed by atoms with E-state index in [9.17, 15) is 9.59 Å². The number of aryl methyl sites for hydroxylation is 1. The molecule has 28 heavy (non-hydrogen) atoms. The summed E-state index contributed by atoms with van der Waals surface area (Å²) in [7, 11) is 0. The van der Waals surface area contributed by atoms with Gasteiger partial charge in [-0.15, -0.1) is 0 Å². The number of nitrogens with zero attached hydrogens (tertiary/aromatic N) is 1. The lowest BCUT2D eigenvalue weighted by atomic mass is 10.1. The van der Waals surface area contributed by atoms with Gasteiger partial charge >= 0.3 is 0 Å². The minimum absolute atomic E-state index is 0.192. The van der Waals surface area contributed by atoms with E-state index < -0.39 is 0 Å². The maximum Gasteiger partial charge on any atom is 0.257 e. The summed E-state index contributed by atoms with van der Waals surface area (Å²) in [4.78, 5) is 29.2. The van der Waals surface area contributed by atoms with Gasteiger partial charge < -0.3 is 5.32 Å². The molecule has 0 aliphatic heterocycles. The highest BCUT2D eigenvalue weighted by Crippen LogP contribution is 2.28. The molecule has 0 bridgehead atoms. The van der Waals surface area contributed by atoms with E-state index in [1.807, 2.05) is 43.3 Å². The average molecular weight is 387 g/mol. The Kier molecular flexibility index (Phi) is 4.87. The number of carbonyl (C=O) groups excluding carboxylic acids is 2. The van der Waals surface area contributed by atoms with Gasteiger partial charge in [0.05, 0.1) is 10.2 Å². The molecule has 1 heterocycles. The van der Waals surface area contributed by atoms with Crippen molar-refractivity contribution in [3.05, 3.63) is 89.5 Å². The van der Waals surface area contributed by atoms with Crippen LogP contribution in [0.4, 0.5) is 10.8 Å². The lowest BCUT2D eigenvalue weighted by molar-refractivity contribution is 0.102. The maximum atomic E-state index is 12.5. The predicted molar refractivity (Wildman–Crippen MR) is 113 cm³/mol. The zero-order valence-electron chi connectivity index (χ0n) is 15.1. The van der Waals surface area contributed by atoms with Gasteiger partial charge in [-0.3, -0.25) is 14.9 Å². The Morgan fingerprint density at radius 1 is 0.786 bits per heavy atom. The van der Waals surface area contributed by atoms with Gasteiger partial charge in [0.1, 0.15) is 0 Å². The van der Waals surface area contributed by atoms with Crippen molar-refractivity contribution in [1.82, 2.24) is 4.98 Å². The molecule has 2 N–H and O–H groups in total. The number of aromatic nitrogens is 1. The minimum atomic E-state index is -0.238. The van der Waals surface area contributed by atoms with Crippen molar-refractivity contribution < 1.29 is 9.59 Å². The molecule has 0 saturated carbocycles. The van der Waals surface area contributed by atoms with Gasteiger partial charge in [-0.1, -0.05) is 41.7 Å². The molecule has 0 atom stereocenters. The number of hydrogen-bond acceptors (Lipinski definition) is 4. The van der Waals surface area contributed by atoms with E-state index in [0.29, 0.717) is 21.9 Å². The monoisotopic (exact) mass is 387 g/mol. The maximum absolute atomic E-state index is 12.5. The van der Waals surface area contributed by atoms with E-state index in [2.05, 4.69) is 15.6 Å². The fraction of sp³-hybridized carbons (Fsp3) is 0.0455. The number of rotatable bonds is 4. The topological polar surface area (TPSA) is 71.1 Å². The van der Waals surface area contributed by atoms with Crippen LogP contribution in [0, 0.1) is 6.92 Å². The van der Waals surface area contributed by atoms with Crippen LogP contribution >= 0.6 is 11.3 Å². The molecule has 4 rings (SSSR count). The second-order valence-electron chi connectivity index (χ2n) is 6.29. The first-order valence-corrected chi connectivity index (χ1v) is 9.56. The van der Waals surface area contributed by atoms with E-state index in [1.165, 1.54) is 11.3 Å². The Morgan fingerprint density at radius 2 is 1.46 bits per heavy atom. The van der Waals surface area contributed by atoms with Gasteiger partial charge in [0.15, 0.2) is 5.13 Å². The van der Waals surface area contributed by atoms with Gasteiger partial charge in [0, 0.05) is 16.8 Å². The van der Waals surface area contributed by atoms with Crippen molar-refractivity contribution in [2.24, 2.45) is 0 Å². The van der Waals surface area contributed by atoms with Crippen LogP contribution in [0.3, 0.4) is 0 Å². The highest BCUT2D eigenvalue weighted by Gasteiger charge is 2.11. The standard InChI is InChI=1S/C22H17N3O2S/c1-14-6-5-9-18-19(14)24-22(28-18)25-21(27)16-10-12-17(13-11-16)23-20(26)15-7-3-2-4-8-15/h2-13H,1H3,(H,23,26)(H,24,25,27). The van der Waals surface area contributed by atoms with Crippen molar-refractivity contribution in [1.29, 1.82) is 0 Å². The smallest absolute Gasteiger partial charge is 0.257 e. The third-order valence-corrected chi connectivity index (χ3v) is 5.22. The Bertz CT molecular complexity index is 1150. The van der Waals surface area contributed by atoms with Crippen LogP contribution in [0.1, 0.15) is 26.3 Å². The number of fused-ring (bicyclic) bond motifs is 1. The molecular formula is C22H17N3O2S. The third kappa shape index (κ3) is 3.77. The molecular weight excluding hydrogens is 370 g/mol. The summed E-state index contributed by atoms with van der Waals surface area (Å²) < 4.78 is 1.04. The number of carbonyl (C=O) groups is 2. The Morgan fingerprint density at radius 3 is 2.18 bits per heavy atom. The number of benzene rings is 3. The molecule has 5 nitrogen and oxygen atoms in total. The summed E-state index contributed by atoms with van der Waals surface area (Å²) in [6, 6.07) is 21.7. The number of para-hydroxylation sites is 1. The predicted octanol–water partition coefficient (Wildman–Crippen LogP) is 5.11. The van der Waals surface area contributed by atoms with E-state index >= 15 is 0 Å². The van der Waals surface area contributed by atoms with E-state index in [0.717, 1.165) is 15.8 Å². The quantitative estimate of drug-likeness (QED) is 0.511. The molecule has 0 unspecified atom stereocenters. The third-order valence-electron chi connectivity index (χ3n) is 4.28. The van der Waals surface area contributed by atoms with Gasteiger partial charge in [0.25, 0.3) is 11.8 Å². The van der Waals surface area contributed by atoms with Gasteiger partial charge in [-0.2, -0.15) is 0 Å². The van der Waals surface area contributed by atoms with Gasteiger partial charge in [-0.25, -0.2) is 4.98 Å². The van der Waals surface area contributed by atoms with Crippen LogP contribution < -0.4 is 10.6 Å². The van der Waals surface area contributed by atoms with Crippen molar-refractivity contribution >= 4 is 44.2 Å². The summed E-state index contributed by atoms with van der Waals surface area (Å²) >= 11 is 1.44. The lowest BCUT2D eigenvalue weighted by Crippen LogP contribution is -2.13. The lowest BCUT2D eigenvalue weighted by Gasteiger charge is -2.06. The first-order valence-electron chi connectivity index (χ1n) is 8.74. The number of thiazole rings is 1. The molecule has 1 aromatic heterocycles. The van der Waals surface area contributed by atoms with E-state index in [-0.39, 0.29) is 11.8 Å². The fourth-order valence-electron chi connectivity index (χ4n) is 2.81. The van der Waals surface area contributed by atoms with Gasteiger partial charge in [-0.05, 0) is 55.0 Å². The average Bonchev–Trinajstić information content (AvgIpc) is 3.13. The van der Waals surface area contributed by atoms with E-state index in [1.54, 1.807) is 36.4 Å². The van der Waals surface area contributed by atoms with Crippen LogP contribution in [0.15, 0.2) is 72.8 Å². The zero-order chi connectivity index (χ0) is 19.5. The van der Waals surface area contributed by atoms with Crippen LogP contribution in [-0.2, 0) is 0 Å². The number of amides is 2. The number of hydrogen-bond donors (Lipinski definition) is 2. The summed E-state index contributed by atoms with van der Waals surface area (Å²) in [6.45, 7) is 2.00. The highest BCUT2D eigenvalue weighted by atomic mass is 32.1. The van der Waals surface area contributed by atoms with Crippen molar-refractivity contribution in [2.75, 3.05) is 10.6 Å². The molecule has 138 valence electrons. The normalized spacial score (nSPS) is 10.6. The summed E-state index contributed by atoms with van der Waals surface area (Å²) in [5, 5.41) is 6.22. The zero-order valence-corrected chi connectivity index (χ0v) is 15.9. The number of nitrogens with one attached hydrogen (secondary N) is 2. The second-order valence-corrected chi connectivity index (χ2v) is 7.32. The second kappa shape index (κ2) is 7.62. The van der Waals surface area contributed by atoms with E-state index in [4.69, 9.17) is 0 Å². The molecule has 6 heteroatoms. The molecule has 0 radical (unpaired) electrons. The summed E-state index contributed by atoms with van der Waals surface area (Å²) in [5.74, 6) is -0.430. The molecule has 0 aliphatic carbocycles. The Balaban J connectivity index is 1.45. The van der Waals surface area contributed by atoms with Gasteiger partial charge in [0.2, 0.25) is 0 Å². The van der Waals surface area contributed by atoms with Crippen molar-refractivity contribution in [2.45, 2.75) is 6.92 Å². The Labute approximate surface area is 166 Å². The largest absolute Gasteiger partial charge is 0.322 e. The molecule has 2 amide bonds. The fourth-order valence-corrected chi connectivity index (χ4v) is 3.75.